The van der Waals surface area contributed by atoms with Crippen LogP contribution in [-0.2, 0) is 0 Å². The van der Waals surface area contributed by atoms with E-state index in [1.807, 2.05) is 11.9 Å². The van der Waals surface area contributed by atoms with Gasteiger partial charge < -0.3 is 15.5 Å². The molecule has 2 aliphatic rings. The monoisotopic (exact) mass is 336 g/mol. The second-order valence-corrected chi connectivity index (χ2v) is 6.31. The van der Waals surface area contributed by atoms with Crippen LogP contribution >= 0.6 is 11.6 Å². The largest absolute Gasteiger partial charge is 0.336 e. The second kappa shape index (κ2) is 6.76. The number of urea groups is 1. The Labute approximate surface area is 140 Å². The average molecular weight is 337 g/mol. The fourth-order valence-electron chi connectivity index (χ4n) is 3.27. The van der Waals surface area contributed by atoms with Crippen molar-refractivity contribution in [3.05, 3.63) is 28.8 Å². The molecule has 0 aromatic heterocycles. The summed E-state index contributed by atoms with van der Waals surface area (Å²) < 4.78 is 0. The number of hydrogen-bond donors (Lipinski definition) is 2. The third-order valence-corrected chi connectivity index (χ3v) is 4.74. The van der Waals surface area contributed by atoms with Gasteiger partial charge in [0.1, 0.15) is 0 Å². The zero-order chi connectivity index (χ0) is 16.4. The number of anilines is 1. The molecular weight excluding hydrogens is 316 g/mol. The molecule has 2 aliphatic heterocycles. The van der Waals surface area contributed by atoms with Crippen LogP contribution < -0.4 is 15.5 Å². The molecule has 0 radical (unpaired) electrons. The SMILES string of the molecule is CNCC1CCCN1C(=O)c1ccc(Cl)c(N2CCNC2=O)c1. The molecule has 0 aliphatic carbocycles. The Morgan fingerprint density at radius 2 is 2.26 bits per heavy atom. The number of carbonyl (C=O) groups excluding carboxylic acids is 2. The van der Waals surface area contributed by atoms with E-state index < -0.39 is 0 Å². The molecular formula is C16H21ClN4O2. The lowest BCUT2D eigenvalue weighted by molar-refractivity contribution is 0.0737. The Hall–Kier alpha value is -1.79. The Bertz CT molecular complexity index is 622. The Morgan fingerprint density at radius 1 is 1.43 bits per heavy atom. The molecule has 0 bridgehead atoms. The van der Waals surface area contributed by atoms with E-state index in [1.54, 1.807) is 23.1 Å². The number of nitrogens with zero attached hydrogens (tertiary/aromatic N) is 2. The third kappa shape index (κ3) is 3.14. The first-order valence-electron chi connectivity index (χ1n) is 7.92. The van der Waals surface area contributed by atoms with E-state index in [9.17, 15) is 9.59 Å². The molecule has 124 valence electrons. The predicted molar refractivity (Wildman–Crippen MR) is 90.2 cm³/mol. The molecule has 3 rings (SSSR count). The summed E-state index contributed by atoms with van der Waals surface area (Å²) in [4.78, 5) is 28.2. The molecule has 7 heteroatoms. The molecule has 0 spiro atoms. The van der Waals surface area contributed by atoms with Gasteiger partial charge in [0.15, 0.2) is 0 Å². The number of rotatable bonds is 4. The highest BCUT2D eigenvalue weighted by molar-refractivity contribution is 6.34. The van der Waals surface area contributed by atoms with Gasteiger partial charge in [-0.25, -0.2) is 4.79 Å². The van der Waals surface area contributed by atoms with Crippen molar-refractivity contribution in [3.8, 4) is 0 Å². The first-order chi connectivity index (χ1) is 11.1. The molecule has 1 unspecified atom stereocenters. The van der Waals surface area contributed by atoms with Gasteiger partial charge in [0.05, 0.1) is 10.7 Å². The number of carbonyl (C=O) groups is 2. The lowest BCUT2D eigenvalue weighted by Crippen LogP contribution is -2.40. The van der Waals surface area contributed by atoms with E-state index in [-0.39, 0.29) is 18.0 Å². The third-order valence-electron chi connectivity index (χ3n) is 4.42. The van der Waals surface area contributed by atoms with Crippen LogP contribution in [-0.4, -0.2) is 56.1 Å². The van der Waals surface area contributed by atoms with Crippen LogP contribution in [0.15, 0.2) is 18.2 Å². The summed E-state index contributed by atoms with van der Waals surface area (Å²) in [7, 11) is 1.90. The van der Waals surface area contributed by atoms with Crippen molar-refractivity contribution in [3.63, 3.8) is 0 Å². The number of hydrogen-bond acceptors (Lipinski definition) is 3. The molecule has 2 saturated heterocycles. The van der Waals surface area contributed by atoms with Crippen LogP contribution in [0, 0.1) is 0 Å². The highest BCUT2D eigenvalue weighted by atomic mass is 35.5. The van der Waals surface area contributed by atoms with Crippen LogP contribution in [0.25, 0.3) is 0 Å². The number of halogens is 1. The Morgan fingerprint density at radius 3 is 2.96 bits per heavy atom. The molecule has 2 N–H and O–H groups in total. The van der Waals surface area contributed by atoms with Gasteiger partial charge in [-0.1, -0.05) is 11.6 Å². The van der Waals surface area contributed by atoms with Crippen LogP contribution in [0.5, 0.6) is 0 Å². The summed E-state index contributed by atoms with van der Waals surface area (Å²) in [6.07, 6.45) is 2.04. The standard InChI is InChI=1S/C16H21ClN4O2/c1-18-10-12-3-2-7-20(12)15(22)11-4-5-13(17)14(9-11)21-8-6-19-16(21)23/h4-5,9,12,18H,2-3,6-8,10H2,1H3,(H,19,23). The van der Waals surface area contributed by atoms with E-state index in [4.69, 9.17) is 11.6 Å². The van der Waals surface area contributed by atoms with E-state index >= 15 is 0 Å². The van der Waals surface area contributed by atoms with E-state index in [0.717, 1.165) is 25.9 Å². The Balaban J connectivity index is 1.85. The lowest BCUT2D eigenvalue weighted by atomic mass is 10.1. The molecule has 6 nitrogen and oxygen atoms in total. The van der Waals surface area contributed by atoms with Gasteiger partial charge in [0.2, 0.25) is 0 Å². The zero-order valence-electron chi connectivity index (χ0n) is 13.1. The van der Waals surface area contributed by atoms with Gasteiger partial charge in [0.25, 0.3) is 5.91 Å². The van der Waals surface area contributed by atoms with Gasteiger partial charge in [-0.05, 0) is 38.1 Å². The van der Waals surface area contributed by atoms with Crippen LogP contribution in [0.2, 0.25) is 5.02 Å². The topological polar surface area (TPSA) is 64.7 Å². The van der Waals surface area contributed by atoms with Crippen molar-refractivity contribution in [2.75, 3.05) is 38.1 Å². The maximum absolute atomic E-state index is 12.8. The summed E-state index contributed by atoms with van der Waals surface area (Å²) in [6, 6.07) is 5.20. The van der Waals surface area contributed by atoms with Gasteiger partial charge in [0, 0.05) is 37.8 Å². The normalized spacial score (nSPS) is 21.0. The molecule has 23 heavy (non-hydrogen) atoms. The van der Waals surface area contributed by atoms with Gasteiger partial charge in [-0.3, -0.25) is 9.69 Å². The minimum atomic E-state index is -0.175. The van der Waals surface area contributed by atoms with Gasteiger partial charge in [-0.15, -0.1) is 0 Å². The fourth-order valence-corrected chi connectivity index (χ4v) is 3.49. The van der Waals surface area contributed by atoms with Gasteiger partial charge in [-0.2, -0.15) is 0 Å². The van der Waals surface area contributed by atoms with Crippen molar-refractivity contribution in [2.45, 2.75) is 18.9 Å². The van der Waals surface area contributed by atoms with E-state index in [0.29, 0.717) is 29.4 Å². The first kappa shape index (κ1) is 16.1. The Kier molecular flexibility index (Phi) is 4.73. The summed E-state index contributed by atoms with van der Waals surface area (Å²) in [6.45, 7) is 2.71. The fraction of sp³-hybridized carbons (Fsp3) is 0.500. The predicted octanol–water partition coefficient (Wildman–Crippen LogP) is 1.69. The highest BCUT2D eigenvalue weighted by Crippen LogP contribution is 2.29. The highest BCUT2D eigenvalue weighted by Gasteiger charge is 2.30. The quantitative estimate of drug-likeness (QED) is 0.879. The summed E-state index contributed by atoms with van der Waals surface area (Å²) in [5.41, 5.74) is 1.17. The van der Waals surface area contributed by atoms with Crippen LogP contribution in [0.4, 0.5) is 10.5 Å². The molecule has 2 heterocycles. The molecule has 3 amide bonds. The lowest BCUT2D eigenvalue weighted by Gasteiger charge is -2.25. The first-order valence-corrected chi connectivity index (χ1v) is 8.30. The maximum Gasteiger partial charge on any atom is 0.322 e. The number of nitrogens with one attached hydrogen (secondary N) is 2. The van der Waals surface area contributed by atoms with Gasteiger partial charge >= 0.3 is 6.03 Å². The maximum atomic E-state index is 12.8. The number of likely N-dealkylation sites (N-methyl/N-ethyl adjacent to an activating group) is 1. The van der Waals surface area contributed by atoms with E-state index in [2.05, 4.69) is 10.6 Å². The molecule has 1 atom stereocenters. The van der Waals surface area contributed by atoms with Crippen LogP contribution in [0.3, 0.4) is 0 Å². The molecule has 1 aromatic rings. The smallest absolute Gasteiger partial charge is 0.322 e. The molecule has 1 aromatic carbocycles. The molecule has 2 fully saturated rings. The van der Waals surface area contributed by atoms with Crippen molar-refractivity contribution >= 4 is 29.2 Å². The van der Waals surface area contributed by atoms with E-state index in [1.165, 1.54) is 0 Å². The average Bonchev–Trinajstić information content (AvgIpc) is 3.17. The number of amides is 3. The second-order valence-electron chi connectivity index (χ2n) is 5.90. The van der Waals surface area contributed by atoms with Crippen molar-refractivity contribution in [1.82, 2.24) is 15.5 Å². The van der Waals surface area contributed by atoms with Crippen molar-refractivity contribution in [2.24, 2.45) is 0 Å². The minimum Gasteiger partial charge on any atom is -0.336 e. The zero-order valence-corrected chi connectivity index (χ0v) is 13.9. The molecule has 0 saturated carbocycles. The summed E-state index contributed by atoms with van der Waals surface area (Å²) >= 11 is 6.23. The number of benzene rings is 1. The summed E-state index contributed by atoms with van der Waals surface area (Å²) in [5.74, 6) is 0.000252. The van der Waals surface area contributed by atoms with Crippen molar-refractivity contribution < 1.29 is 9.59 Å². The van der Waals surface area contributed by atoms with Crippen molar-refractivity contribution in [1.29, 1.82) is 0 Å². The minimum absolute atomic E-state index is 0.000252. The number of likely N-dealkylation sites (tertiary alicyclic amines) is 1. The summed E-state index contributed by atoms with van der Waals surface area (Å²) in [5, 5.41) is 6.37. The van der Waals surface area contributed by atoms with Crippen LogP contribution in [0.1, 0.15) is 23.2 Å².